The van der Waals surface area contributed by atoms with Gasteiger partial charge in [0.15, 0.2) is 11.5 Å². The van der Waals surface area contributed by atoms with Crippen LogP contribution >= 0.6 is 0 Å². The molecule has 290 valence electrons. The van der Waals surface area contributed by atoms with E-state index in [1.165, 1.54) is 178 Å². The molecule has 2 heterocycles. The summed E-state index contributed by atoms with van der Waals surface area (Å²) in [5, 5.41) is 10.6. The molecule has 3 atom stereocenters. The summed E-state index contributed by atoms with van der Waals surface area (Å²) < 4.78 is 13.0. The Labute approximate surface area is 311 Å². The zero-order valence-electron chi connectivity index (χ0n) is 33.6. The number of unbranched alkanes of at least 4 members (excludes halogenated alkanes) is 26. The van der Waals surface area contributed by atoms with E-state index in [1.54, 1.807) is 0 Å². The number of ether oxygens (including phenoxy) is 2. The number of aliphatic hydroxyl groups is 1. The van der Waals surface area contributed by atoms with Crippen molar-refractivity contribution in [2.75, 3.05) is 19.8 Å². The lowest BCUT2D eigenvalue weighted by Gasteiger charge is -2.46. The second kappa shape index (κ2) is 28.3. The van der Waals surface area contributed by atoms with Crippen molar-refractivity contribution in [3.8, 4) is 11.5 Å². The maximum atomic E-state index is 10.6. The van der Waals surface area contributed by atoms with Crippen LogP contribution in [0, 0.1) is 0 Å². The lowest BCUT2D eigenvalue weighted by molar-refractivity contribution is 0.000935. The topological polar surface area (TPSA) is 41.9 Å². The van der Waals surface area contributed by atoms with Gasteiger partial charge in [-0.1, -0.05) is 181 Å². The van der Waals surface area contributed by atoms with Crippen molar-refractivity contribution >= 4 is 0 Å². The predicted octanol–water partition coefficient (Wildman–Crippen LogP) is 13.8. The average molecular weight is 698 g/mol. The molecule has 3 rings (SSSR count). The van der Waals surface area contributed by atoms with Crippen LogP contribution in [0.25, 0.3) is 0 Å². The van der Waals surface area contributed by atoms with Gasteiger partial charge in [0.05, 0.1) is 19.3 Å². The molecule has 1 N–H and O–H groups in total. The van der Waals surface area contributed by atoms with Crippen LogP contribution in [0.3, 0.4) is 0 Å². The minimum atomic E-state index is -0.214. The van der Waals surface area contributed by atoms with Crippen LogP contribution in [0.15, 0.2) is 12.1 Å². The molecule has 50 heavy (non-hydrogen) atoms. The van der Waals surface area contributed by atoms with Gasteiger partial charge in [-0.05, 0) is 62.3 Å². The molecular weight excluding hydrogens is 615 g/mol. The lowest BCUT2D eigenvalue weighted by atomic mass is 9.83. The molecule has 0 spiro atoms. The highest BCUT2D eigenvalue weighted by Gasteiger charge is 2.37. The summed E-state index contributed by atoms with van der Waals surface area (Å²) in [6.45, 7) is 9.49. The normalized spacial score (nSPS) is 19.0. The second-order valence-corrected chi connectivity index (χ2v) is 16.4. The quantitative estimate of drug-likeness (QED) is 0.0761. The molecule has 0 aliphatic carbocycles. The summed E-state index contributed by atoms with van der Waals surface area (Å²) in [6, 6.07) is 5.30. The Kier molecular flexibility index (Phi) is 24.4. The van der Waals surface area contributed by atoms with Crippen molar-refractivity contribution in [2.45, 2.75) is 238 Å². The van der Waals surface area contributed by atoms with Gasteiger partial charge in [0, 0.05) is 18.6 Å². The van der Waals surface area contributed by atoms with Gasteiger partial charge in [-0.15, -0.1) is 0 Å². The van der Waals surface area contributed by atoms with E-state index in [0.29, 0.717) is 12.1 Å². The summed E-state index contributed by atoms with van der Waals surface area (Å²) in [5.74, 6) is 1.88. The molecule has 1 aromatic rings. The fraction of sp³-hybridized carbons (Fsp3) is 0.870. The van der Waals surface area contributed by atoms with Crippen LogP contribution in [-0.2, 0) is 6.42 Å². The first-order chi connectivity index (χ1) is 24.6. The third kappa shape index (κ3) is 18.0. The molecule has 1 aromatic carbocycles. The Morgan fingerprint density at radius 2 is 0.920 bits per heavy atom. The third-order valence-corrected chi connectivity index (χ3v) is 11.8. The summed E-state index contributed by atoms with van der Waals surface area (Å²) in [7, 11) is 0. The fourth-order valence-electron chi connectivity index (χ4n) is 8.58. The fourth-order valence-corrected chi connectivity index (χ4v) is 8.58. The molecule has 0 aromatic heterocycles. The van der Waals surface area contributed by atoms with E-state index in [0.717, 1.165) is 63.4 Å². The van der Waals surface area contributed by atoms with Crippen molar-refractivity contribution in [1.82, 2.24) is 4.90 Å². The molecule has 2 aliphatic heterocycles. The molecule has 0 amide bonds. The van der Waals surface area contributed by atoms with Crippen molar-refractivity contribution < 1.29 is 14.6 Å². The number of rotatable bonds is 32. The van der Waals surface area contributed by atoms with Crippen LogP contribution in [0.4, 0.5) is 0 Å². The molecule has 0 unspecified atom stereocenters. The molecule has 0 radical (unpaired) electrons. The molecule has 1 fully saturated rings. The zero-order valence-corrected chi connectivity index (χ0v) is 33.6. The van der Waals surface area contributed by atoms with Crippen molar-refractivity contribution in [3.63, 3.8) is 0 Å². The van der Waals surface area contributed by atoms with Gasteiger partial charge < -0.3 is 14.6 Å². The molecule has 4 nitrogen and oxygen atoms in total. The van der Waals surface area contributed by atoms with Gasteiger partial charge in [0.2, 0.25) is 0 Å². The minimum absolute atomic E-state index is 0.214. The third-order valence-electron chi connectivity index (χ3n) is 11.8. The van der Waals surface area contributed by atoms with Crippen LogP contribution in [-0.4, -0.2) is 41.9 Å². The lowest BCUT2D eigenvalue weighted by Crippen LogP contribution is -2.48. The van der Waals surface area contributed by atoms with Crippen LogP contribution in [0.5, 0.6) is 11.5 Å². The highest BCUT2D eigenvalue weighted by Crippen LogP contribution is 2.43. The van der Waals surface area contributed by atoms with Crippen LogP contribution in [0.1, 0.15) is 231 Å². The number of hydrogen-bond acceptors (Lipinski definition) is 4. The molecule has 4 heteroatoms. The monoisotopic (exact) mass is 698 g/mol. The number of aliphatic hydroxyl groups excluding tert-OH is 1. The highest BCUT2D eigenvalue weighted by molar-refractivity contribution is 5.50. The summed E-state index contributed by atoms with van der Waals surface area (Å²) >= 11 is 0. The molecule has 2 aliphatic rings. The largest absolute Gasteiger partial charge is 0.490 e. The van der Waals surface area contributed by atoms with Gasteiger partial charge in [-0.3, -0.25) is 4.90 Å². The van der Waals surface area contributed by atoms with Gasteiger partial charge in [0.25, 0.3) is 0 Å². The Balaban J connectivity index is 1.34. The minimum Gasteiger partial charge on any atom is -0.490 e. The SMILES string of the molecule is CCCCCCCCCCCCCCCCOc1cc2c(cc1OCCCCCCCCCCCCCCCC)[C@@H]1C[C@H](O)C[C@@H](C)N1CC2. The van der Waals surface area contributed by atoms with Crippen LogP contribution in [0.2, 0.25) is 0 Å². The molecular formula is C46H83NO3. The van der Waals surface area contributed by atoms with E-state index in [4.69, 9.17) is 9.47 Å². The van der Waals surface area contributed by atoms with Gasteiger partial charge >= 0.3 is 0 Å². The number of nitrogens with zero attached hydrogens (tertiary/aromatic N) is 1. The second-order valence-electron chi connectivity index (χ2n) is 16.4. The van der Waals surface area contributed by atoms with Crippen molar-refractivity contribution in [2.24, 2.45) is 0 Å². The molecule has 1 saturated heterocycles. The maximum Gasteiger partial charge on any atom is 0.161 e. The highest BCUT2D eigenvalue weighted by atomic mass is 16.5. The maximum absolute atomic E-state index is 10.6. The molecule has 0 saturated carbocycles. The van der Waals surface area contributed by atoms with E-state index in [9.17, 15) is 5.11 Å². The standard InChI is InChI=1S/C46H83NO3/c1-4-6-8-10-12-14-16-18-20-22-24-26-28-30-34-49-45-37-41-32-33-47-40(3)36-42(48)38-44(47)43(41)39-46(45)50-35-31-29-27-25-23-21-19-17-15-13-11-9-7-5-2/h37,39-40,42,44,48H,4-36,38H2,1-3H3/t40-,42-,44+/m1/s1. The number of hydrogen-bond donors (Lipinski definition) is 1. The number of benzene rings is 1. The first-order valence-electron chi connectivity index (χ1n) is 22.5. The Morgan fingerprint density at radius 3 is 1.34 bits per heavy atom. The zero-order chi connectivity index (χ0) is 35.5. The summed E-state index contributed by atoms with van der Waals surface area (Å²) in [5.41, 5.74) is 2.76. The average Bonchev–Trinajstić information content (AvgIpc) is 3.11. The van der Waals surface area contributed by atoms with Gasteiger partial charge in [-0.2, -0.15) is 0 Å². The Morgan fingerprint density at radius 1 is 0.540 bits per heavy atom. The van der Waals surface area contributed by atoms with Gasteiger partial charge in [-0.25, -0.2) is 0 Å². The molecule has 0 bridgehead atoms. The number of piperidine rings is 1. The first kappa shape index (κ1) is 43.1. The van der Waals surface area contributed by atoms with Crippen molar-refractivity contribution in [3.05, 3.63) is 23.3 Å². The smallest absolute Gasteiger partial charge is 0.161 e. The van der Waals surface area contributed by atoms with E-state index >= 15 is 0 Å². The van der Waals surface area contributed by atoms with Gasteiger partial charge in [0.1, 0.15) is 0 Å². The van der Waals surface area contributed by atoms with E-state index in [-0.39, 0.29) is 6.10 Å². The predicted molar refractivity (Wildman–Crippen MR) is 216 cm³/mol. The van der Waals surface area contributed by atoms with Crippen molar-refractivity contribution in [1.29, 1.82) is 0 Å². The van der Waals surface area contributed by atoms with Crippen LogP contribution < -0.4 is 9.47 Å². The summed E-state index contributed by atoms with van der Waals surface area (Å²) in [6.07, 6.45) is 41.0. The van der Waals surface area contributed by atoms with E-state index in [1.807, 2.05) is 0 Å². The Hall–Kier alpha value is -1.26. The number of fused-ring (bicyclic) bond motifs is 3. The Bertz CT molecular complexity index is 950. The van der Waals surface area contributed by atoms with E-state index < -0.39 is 0 Å². The first-order valence-corrected chi connectivity index (χ1v) is 22.5. The van der Waals surface area contributed by atoms with E-state index in [2.05, 4.69) is 37.8 Å². The summed E-state index contributed by atoms with van der Waals surface area (Å²) in [4.78, 5) is 2.61.